The van der Waals surface area contributed by atoms with E-state index >= 15 is 0 Å². The molecule has 0 aliphatic carbocycles. The van der Waals surface area contributed by atoms with Crippen LogP contribution in [0.4, 0.5) is 11.4 Å². The topological polar surface area (TPSA) is 80.0 Å². The Balaban J connectivity index is 2.22. The maximum Gasteiger partial charge on any atom is 0.242 e. The predicted molar refractivity (Wildman–Crippen MR) is 82.5 cm³/mol. The molecule has 0 aliphatic rings. The van der Waals surface area contributed by atoms with Crippen LogP contribution in [0.15, 0.2) is 30.5 Å². The number of benzene rings is 1. The van der Waals surface area contributed by atoms with Gasteiger partial charge in [0.15, 0.2) is 0 Å². The normalized spacial score (nSPS) is 12.1. The minimum absolute atomic E-state index is 0.0206. The maximum atomic E-state index is 11.9. The van der Waals surface area contributed by atoms with E-state index in [-0.39, 0.29) is 11.9 Å². The second-order valence-electron chi connectivity index (χ2n) is 4.76. The second kappa shape index (κ2) is 6.23. The highest BCUT2D eigenvalue weighted by Crippen LogP contribution is 2.26. The lowest BCUT2D eigenvalue weighted by Crippen LogP contribution is -2.37. The quantitative estimate of drug-likeness (QED) is 0.729. The maximum absolute atomic E-state index is 11.9. The lowest BCUT2D eigenvalue weighted by molar-refractivity contribution is -0.121. The molecule has 1 heterocycles. The van der Waals surface area contributed by atoms with Crippen molar-refractivity contribution >= 4 is 28.2 Å². The molecule has 2 rings (SSSR count). The van der Waals surface area contributed by atoms with E-state index in [0.717, 1.165) is 23.0 Å². The molecular weight excluding hydrogens is 252 g/mol. The minimum Gasteiger partial charge on any atom is -0.398 e. The van der Waals surface area contributed by atoms with Crippen molar-refractivity contribution in [2.24, 2.45) is 0 Å². The van der Waals surface area contributed by atoms with E-state index in [0.29, 0.717) is 12.2 Å². The van der Waals surface area contributed by atoms with Crippen molar-refractivity contribution in [2.45, 2.75) is 26.3 Å². The number of nitrogen functional groups attached to an aromatic ring is 1. The number of rotatable bonds is 5. The van der Waals surface area contributed by atoms with Gasteiger partial charge in [0.05, 0.1) is 11.2 Å². The molecule has 20 heavy (non-hydrogen) atoms. The Labute approximate surface area is 118 Å². The molecule has 5 nitrogen and oxygen atoms in total. The lowest BCUT2D eigenvalue weighted by atomic mass is 10.1. The van der Waals surface area contributed by atoms with Gasteiger partial charge in [0.2, 0.25) is 5.91 Å². The van der Waals surface area contributed by atoms with E-state index in [1.54, 1.807) is 6.20 Å². The molecule has 0 saturated carbocycles. The SMILES string of the molecule is CCCNC(=O)C(C)Nc1ccc(N)c2cccnc12. The van der Waals surface area contributed by atoms with Gasteiger partial charge in [-0.1, -0.05) is 6.92 Å². The number of hydrogen-bond donors (Lipinski definition) is 3. The molecule has 1 amide bonds. The smallest absolute Gasteiger partial charge is 0.242 e. The van der Waals surface area contributed by atoms with E-state index in [2.05, 4.69) is 15.6 Å². The fourth-order valence-corrected chi connectivity index (χ4v) is 2.01. The molecule has 0 bridgehead atoms. The monoisotopic (exact) mass is 272 g/mol. The molecule has 0 saturated heterocycles. The predicted octanol–water partition coefficient (Wildman–Crippen LogP) is 2.14. The summed E-state index contributed by atoms with van der Waals surface area (Å²) >= 11 is 0. The molecule has 0 radical (unpaired) electrons. The highest BCUT2D eigenvalue weighted by atomic mass is 16.2. The van der Waals surface area contributed by atoms with Crippen LogP contribution >= 0.6 is 0 Å². The Morgan fingerprint density at radius 3 is 2.95 bits per heavy atom. The number of anilines is 2. The molecule has 0 spiro atoms. The van der Waals surface area contributed by atoms with Crippen LogP contribution in [0.2, 0.25) is 0 Å². The summed E-state index contributed by atoms with van der Waals surface area (Å²) in [4.78, 5) is 16.2. The summed E-state index contributed by atoms with van der Waals surface area (Å²) in [6.07, 6.45) is 2.64. The van der Waals surface area contributed by atoms with Crippen molar-refractivity contribution in [2.75, 3.05) is 17.6 Å². The van der Waals surface area contributed by atoms with Crippen LogP contribution < -0.4 is 16.4 Å². The van der Waals surface area contributed by atoms with Crippen LogP contribution in [0.5, 0.6) is 0 Å². The third-order valence-corrected chi connectivity index (χ3v) is 3.12. The Bertz CT molecular complexity index is 612. The first-order valence-corrected chi connectivity index (χ1v) is 6.81. The van der Waals surface area contributed by atoms with Crippen molar-refractivity contribution in [1.29, 1.82) is 0 Å². The molecule has 5 heteroatoms. The number of carbonyl (C=O) groups is 1. The first-order chi connectivity index (χ1) is 9.63. The van der Waals surface area contributed by atoms with Crippen molar-refractivity contribution in [3.05, 3.63) is 30.5 Å². The van der Waals surface area contributed by atoms with E-state index in [1.165, 1.54) is 0 Å². The van der Waals surface area contributed by atoms with Crippen molar-refractivity contribution < 1.29 is 4.79 Å². The fraction of sp³-hybridized carbons (Fsp3) is 0.333. The van der Waals surface area contributed by atoms with Gasteiger partial charge in [0.25, 0.3) is 0 Å². The Morgan fingerprint density at radius 2 is 2.20 bits per heavy atom. The Kier molecular flexibility index (Phi) is 4.40. The Morgan fingerprint density at radius 1 is 1.40 bits per heavy atom. The average Bonchev–Trinajstić information content (AvgIpc) is 2.47. The molecule has 1 aromatic carbocycles. The molecule has 106 valence electrons. The zero-order valence-electron chi connectivity index (χ0n) is 11.8. The highest BCUT2D eigenvalue weighted by Gasteiger charge is 2.14. The summed E-state index contributed by atoms with van der Waals surface area (Å²) in [6, 6.07) is 7.12. The van der Waals surface area contributed by atoms with E-state index in [1.807, 2.05) is 38.1 Å². The van der Waals surface area contributed by atoms with Crippen molar-refractivity contribution in [1.82, 2.24) is 10.3 Å². The van der Waals surface area contributed by atoms with Gasteiger partial charge in [-0.15, -0.1) is 0 Å². The minimum atomic E-state index is -0.324. The molecule has 1 aromatic heterocycles. The summed E-state index contributed by atoms with van der Waals surface area (Å²) in [6.45, 7) is 4.54. The van der Waals surface area contributed by atoms with Gasteiger partial charge in [0, 0.05) is 23.8 Å². The molecule has 0 aliphatic heterocycles. The standard InChI is InChI=1S/C15H20N4O/c1-3-8-18-15(20)10(2)19-13-7-6-12(16)11-5-4-9-17-14(11)13/h4-7,9-10,19H,3,8,16H2,1-2H3,(H,18,20). The van der Waals surface area contributed by atoms with Crippen molar-refractivity contribution in [3.63, 3.8) is 0 Å². The van der Waals surface area contributed by atoms with Crippen LogP contribution in [0.1, 0.15) is 20.3 Å². The highest BCUT2D eigenvalue weighted by molar-refractivity contribution is 5.99. The first-order valence-electron chi connectivity index (χ1n) is 6.81. The number of nitrogens with zero attached hydrogens (tertiary/aromatic N) is 1. The number of carbonyl (C=O) groups excluding carboxylic acids is 1. The molecule has 1 atom stereocenters. The van der Waals surface area contributed by atoms with Gasteiger partial charge in [0.1, 0.15) is 6.04 Å². The first kappa shape index (κ1) is 14.1. The van der Waals surface area contributed by atoms with Crippen molar-refractivity contribution in [3.8, 4) is 0 Å². The zero-order chi connectivity index (χ0) is 14.5. The number of amides is 1. The third-order valence-electron chi connectivity index (χ3n) is 3.12. The van der Waals surface area contributed by atoms with E-state index in [9.17, 15) is 4.79 Å². The summed E-state index contributed by atoms with van der Waals surface area (Å²) in [5.41, 5.74) is 8.21. The van der Waals surface area contributed by atoms with Crippen LogP contribution in [-0.2, 0) is 4.79 Å². The van der Waals surface area contributed by atoms with E-state index in [4.69, 9.17) is 5.73 Å². The molecule has 4 N–H and O–H groups in total. The van der Waals surface area contributed by atoms with Gasteiger partial charge in [-0.25, -0.2) is 0 Å². The number of nitrogens with one attached hydrogen (secondary N) is 2. The lowest BCUT2D eigenvalue weighted by Gasteiger charge is -2.16. The molecular formula is C15H20N4O. The van der Waals surface area contributed by atoms with Gasteiger partial charge in [-0.3, -0.25) is 9.78 Å². The largest absolute Gasteiger partial charge is 0.398 e. The number of pyridine rings is 1. The van der Waals surface area contributed by atoms with E-state index < -0.39 is 0 Å². The summed E-state index contributed by atoms with van der Waals surface area (Å²) < 4.78 is 0. The molecule has 1 unspecified atom stereocenters. The summed E-state index contributed by atoms with van der Waals surface area (Å²) in [5, 5.41) is 6.94. The average molecular weight is 272 g/mol. The van der Waals surface area contributed by atoms with Gasteiger partial charge in [-0.05, 0) is 37.6 Å². The van der Waals surface area contributed by atoms with Gasteiger partial charge in [-0.2, -0.15) is 0 Å². The number of hydrogen-bond acceptors (Lipinski definition) is 4. The zero-order valence-corrected chi connectivity index (χ0v) is 11.8. The van der Waals surface area contributed by atoms with Crippen LogP contribution in [-0.4, -0.2) is 23.5 Å². The van der Waals surface area contributed by atoms with Crippen LogP contribution in [0.3, 0.4) is 0 Å². The summed E-state index contributed by atoms with van der Waals surface area (Å²) in [5.74, 6) is -0.0206. The second-order valence-corrected chi connectivity index (χ2v) is 4.76. The molecule has 2 aromatic rings. The third kappa shape index (κ3) is 2.99. The fourth-order valence-electron chi connectivity index (χ4n) is 2.01. The van der Waals surface area contributed by atoms with Gasteiger partial charge < -0.3 is 16.4 Å². The number of fused-ring (bicyclic) bond motifs is 1. The van der Waals surface area contributed by atoms with Crippen LogP contribution in [0, 0.1) is 0 Å². The number of nitrogens with two attached hydrogens (primary N) is 1. The Hall–Kier alpha value is -2.30. The van der Waals surface area contributed by atoms with Gasteiger partial charge >= 0.3 is 0 Å². The van der Waals surface area contributed by atoms with Crippen LogP contribution in [0.25, 0.3) is 10.9 Å². The summed E-state index contributed by atoms with van der Waals surface area (Å²) in [7, 11) is 0. The molecule has 0 fully saturated rings. The number of aromatic nitrogens is 1.